The fourth-order valence-electron chi connectivity index (χ4n) is 11.2. The molecule has 0 saturated heterocycles. The maximum Gasteiger partial charge on any atom is 0.331 e. The predicted molar refractivity (Wildman–Crippen MR) is 204 cm³/mol. The number of carbonyl (C=O) groups is 1. The van der Waals surface area contributed by atoms with E-state index in [2.05, 4.69) is 46.8 Å². The zero-order valence-electron chi connectivity index (χ0n) is 32.2. The second-order valence-corrected chi connectivity index (χ2v) is 17.8. The molecule has 4 aliphatic rings. The fourth-order valence-corrected chi connectivity index (χ4v) is 11.2. The van der Waals surface area contributed by atoms with Gasteiger partial charge in [-0.3, -0.25) is 0 Å². The topological polar surface area (TPSA) is 46.5 Å². The van der Waals surface area contributed by atoms with Crippen molar-refractivity contribution >= 4 is 5.97 Å². The lowest BCUT2D eigenvalue weighted by Crippen LogP contribution is -2.51. The summed E-state index contributed by atoms with van der Waals surface area (Å²) in [4.78, 5) is 12.7. The summed E-state index contributed by atoms with van der Waals surface area (Å²) in [6.45, 7) is 12.9. The highest BCUT2D eigenvalue weighted by Crippen LogP contribution is 2.67. The summed E-state index contributed by atoms with van der Waals surface area (Å²) in [6.07, 6.45) is 39.8. The summed E-state index contributed by atoms with van der Waals surface area (Å²) < 4.78 is 6.01. The quantitative estimate of drug-likeness (QED) is 0.0437. The Hall–Kier alpha value is -1.35. The third kappa shape index (κ3) is 10.8. The number of fused-ring (bicyclic) bond motifs is 5. The molecule has 0 bridgehead atoms. The fraction of sp³-hybridized carbons (Fsp3) is 0.844. The molecule has 4 unspecified atom stereocenters. The van der Waals surface area contributed by atoms with Crippen molar-refractivity contribution < 1.29 is 14.6 Å². The van der Waals surface area contributed by atoms with E-state index in [0.717, 1.165) is 61.2 Å². The molecule has 8 atom stereocenters. The maximum atomic E-state index is 12.7. The zero-order valence-corrected chi connectivity index (χ0v) is 32.2. The molecule has 274 valence electrons. The normalized spacial score (nSPS) is 32.3. The van der Waals surface area contributed by atoms with E-state index in [0.29, 0.717) is 17.4 Å². The van der Waals surface area contributed by atoms with Crippen LogP contribution in [0.25, 0.3) is 0 Å². The van der Waals surface area contributed by atoms with Crippen molar-refractivity contribution in [2.45, 2.75) is 188 Å². The second-order valence-electron chi connectivity index (χ2n) is 17.8. The molecule has 0 spiro atoms. The molecule has 1 N–H and O–H groups in total. The predicted octanol–water partition coefficient (Wildman–Crippen LogP) is 12.7. The van der Waals surface area contributed by atoms with Gasteiger partial charge in [0.2, 0.25) is 0 Å². The standard InChI is InChI=1S/C45H76O3/c1-35(2)22-21-23-36(3)40-27-28-41-39-26-25-37-34-38(29-31-44(37,4)42(39)30-32-45(40,41)5)48-43(47)24-19-17-15-13-11-9-7-6-8-10-12-14-16-18-20-33-46/h15,17,19,24-25,35-36,38-42,46H,6-14,16,18,20-23,26-34H2,1-5H3/t36-,38?,39?,40-,41?,42?,44+,45-/m1/s1. The smallest absolute Gasteiger partial charge is 0.331 e. The number of rotatable bonds is 21. The van der Waals surface area contributed by atoms with Crippen molar-refractivity contribution in [2.24, 2.45) is 46.3 Å². The van der Waals surface area contributed by atoms with Gasteiger partial charge in [-0.15, -0.1) is 0 Å². The van der Waals surface area contributed by atoms with Crippen LogP contribution >= 0.6 is 0 Å². The highest BCUT2D eigenvalue weighted by molar-refractivity contribution is 5.82. The number of hydrogen-bond acceptors (Lipinski definition) is 3. The summed E-state index contributed by atoms with van der Waals surface area (Å²) in [6, 6.07) is 0. The highest BCUT2D eigenvalue weighted by atomic mass is 16.5. The third-order valence-corrected chi connectivity index (χ3v) is 14.1. The lowest BCUT2D eigenvalue weighted by Gasteiger charge is -2.58. The van der Waals surface area contributed by atoms with Crippen LogP contribution in [0.3, 0.4) is 0 Å². The van der Waals surface area contributed by atoms with Crippen LogP contribution in [-0.4, -0.2) is 23.8 Å². The van der Waals surface area contributed by atoms with Crippen molar-refractivity contribution in [3.63, 3.8) is 0 Å². The molecular weight excluding hydrogens is 588 g/mol. The van der Waals surface area contributed by atoms with Gasteiger partial charge in [0.25, 0.3) is 0 Å². The summed E-state index contributed by atoms with van der Waals surface area (Å²) in [5, 5.41) is 8.84. The Morgan fingerprint density at radius 2 is 1.52 bits per heavy atom. The third-order valence-electron chi connectivity index (χ3n) is 14.1. The number of esters is 1. The SMILES string of the molecule is CC(C)CCC[C@@H](C)[C@H]1CCC2C3CC=C4CC(OC(=O)C=CC=CCCCCCCCCCCCCCO)CC[C@]4(C)C3CC[C@@]21C. The monoisotopic (exact) mass is 665 g/mol. The average molecular weight is 665 g/mol. The number of hydrogen-bond donors (Lipinski definition) is 1. The van der Waals surface area contributed by atoms with E-state index in [-0.39, 0.29) is 12.1 Å². The van der Waals surface area contributed by atoms with E-state index >= 15 is 0 Å². The van der Waals surface area contributed by atoms with Gasteiger partial charge in [0.15, 0.2) is 0 Å². The largest absolute Gasteiger partial charge is 0.459 e. The molecule has 3 saturated carbocycles. The van der Waals surface area contributed by atoms with Crippen molar-refractivity contribution in [1.82, 2.24) is 0 Å². The Morgan fingerprint density at radius 3 is 2.21 bits per heavy atom. The van der Waals surface area contributed by atoms with Crippen LogP contribution in [0.15, 0.2) is 36.0 Å². The Kier molecular flexibility index (Phi) is 16.3. The Bertz CT molecular complexity index is 1040. The summed E-state index contributed by atoms with van der Waals surface area (Å²) >= 11 is 0. The van der Waals surface area contributed by atoms with Gasteiger partial charge in [-0.1, -0.05) is 142 Å². The molecule has 48 heavy (non-hydrogen) atoms. The number of aliphatic hydroxyl groups excluding tert-OH is 1. The van der Waals surface area contributed by atoms with E-state index < -0.39 is 0 Å². The molecule has 3 fully saturated rings. The first-order valence-corrected chi connectivity index (χ1v) is 21.0. The molecule has 3 nitrogen and oxygen atoms in total. The molecule has 0 aliphatic heterocycles. The Morgan fingerprint density at radius 1 is 0.833 bits per heavy atom. The van der Waals surface area contributed by atoms with Gasteiger partial charge in [-0.05, 0) is 111 Å². The molecule has 0 aromatic rings. The Balaban J connectivity index is 1.13. The molecule has 0 aromatic carbocycles. The molecule has 0 heterocycles. The van der Waals surface area contributed by atoms with Crippen LogP contribution in [0.5, 0.6) is 0 Å². The molecule has 0 amide bonds. The van der Waals surface area contributed by atoms with E-state index in [1.54, 1.807) is 11.6 Å². The van der Waals surface area contributed by atoms with Crippen LogP contribution in [0, 0.1) is 46.3 Å². The van der Waals surface area contributed by atoms with Crippen LogP contribution in [0.1, 0.15) is 182 Å². The molecule has 4 rings (SSSR count). The molecule has 3 heteroatoms. The van der Waals surface area contributed by atoms with Gasteiger partial charge < -0.3 is 9.84 Å². The Labute approximate surface area is 297 Å². The van der Waals surface area contributed by atoms with Gasteiger partial charge in [-0.2, -0.15) is 0 Å². The number of unbranched alkanes of at least 4 members (excludes halogenated alkanes) is 11. The van der Waals surface area contributed by atoms with E-state index in [4.69, 9.17) is 9.84 Å². The maximum absolute atomic E-state index is 12.7. The first kappa shape index (κ1) is 39.4. The van der Waals surface area contributed by atoms with Crippen molar-refractivity contribution in [1.29, 1.82) is 0 Å². The van der Waals surface area contributed by atoms with E-state index in [1.807, 2.05) is 12.2 Å². The van der Waals surface area contributed by atoms with E-state index in [1.165, 1.54) is 122 Å². The van der Waals surface area contributed by atoms with E-state index in [9.17, 15) is 4.79 Å². The van der Waals surface area contributed by atoms with Crippen molar-refractivity contribution in [3.8, 4) is 0 Å². The second kappa shape index (κ2) is 19.9. The minimum atomic E-state index is -0.177. The lowest BCUT2D eigenvalue weighted by atomic mass is 9.47. The van der Waals surface area contributed by atoms with Gasteiger partial charge in [0, 0.05) is 19.1 Å². The first-order valence-electron chi connectivity index (χ1n) is 21.0. The molecule has 4 aliphatic carbocycles. The number of carbonyl (C=O) groups excluding carboxylic acids is 1. The number of ether oxygens (including phenoxy) is 1. The van der Waals surface area contributed by atoms with Gasteiger partial charge in [0.05, 0.1) is 0 Å². The first-order chi connectivity index (χ1) is 23.2. The van der Waals surface area contributed by atoms with Gasteiger partial charge in [-0.25, -0.2) is 4.79 Å². The average Bonchev–Trinajstić information content (AvgIpc) is 3.42. The van der Waals surface area contributed by atoms with Gasteiger partial charge >= 0.3 is 5.97 Å². The highest BCUT2D eigenvalue weighted by Gasteiger charge is 2.59. The van der Waals surface area contributed by atoms with Crippen molar-refractivity contribution in [3.05, 3.63) is 36.0 Å². The summed E-state index contributed by atoms with van der Waals surface area (Å²) in [7, 11) is 0. The zero-order chi connectivity index (χ0) is 34.4. The molecule has 0 radical (unpaired) electrons. The lowest BCUT2D eigenvalue weighted by molar-refractivity contribution is -0.145. The summed E-state index contributed by atoms with van der Waals surface area (Å²) in [5.41, 5.74) is 2.44. The van der Waals surface area contributed by atoms with Crippen molar-refractivity contribution in [2.75, 3.05) is 6.61 Å². The van der Waals surface area contributed by atoms with Crippen LogP contribution < -0.4 is 0 Å². The number of aliphatic hydroxyl groups is 1. The summed E-state index contributed by atoms with van der Waals surface area (Å²) in [5.74, 6) is 4.99. The van der Waals surface area contributed by atoms with Crippen LogP contribution in [0.2, 0.25) is 0 Å². The number of allylic oxidation sites excluding steroid dienone is 4. The minimum absolute atomic E-state index is 0.0321. The molecular formula is C45H76O3. The van der Waals surface area contributed by atoms with Crippen LogP contribution in [0.4, 0.5) is 0 Å². The minimum Gasteiger partial charge on any atom is -0.459 e. The van der Waals surface area contributed by atoms with Gasteiger partial charge in [0.1, 0.15) is 6.10 Å². The van der Waals surface area contributed by atoms with Crippen LogP contribution in [-0.2, 0) is 9.53 Å². The molecule has 0 aromatic heterocycles.